The quantitative estimate of drug-likeness (QED) is 0.605. The van der Waals surface area contributed by atoms with Gasteiger partial charge in [0.05, 0.1) is 17.4 Å². The Labute approximate surface area is 112 Å². The van der Waals surface area contributed by atoms with Crippen LogP contribution in [0.2, 0.25) is 5.02 Å². The van der Waals surface area contributed by atoms with Crippen molar-refractivity contribution in [1.82, 2.24) is 0 Å². The van der Waals surface area contributed by atoms with E-state index in [1.54, 1.807) is 18.2 Å². The molecular weight excluding hydrogens is 339 g/mol. The maximum absolute atomic E-state index is 10.6. The van der Waals surface area contributed by atoms with E-state index >= 15 is 0 Å². The lowest BCUT2D eigenvalue weighted by Crippen LogP contribution is -2.05. The van der Waals surface area contributed by atoms with Crippen molar-refractivity contribution in [2.75, 3.05) is 12.4 Å². The first-order valence-corrected chi connectivity index (χ1v) is 8.03. The first-order chi connectivity index (χ1) is 7.38. The van der Waals surface area contributed by atoms with Crippen LogP contribution in [0.15, 0.2) is 22.7 Å². The van der Waals surface area contributed by atoms with E-state index in [0.29, 0.717) is 17.2 Å². The Bertz CT molecular complexity index is 462. The molecule has 1 rings (SSSR count). The van der Waals surface area contributed by atoms with Gasteiger partial charge in [-0.25, -0.2) is 8.42 Å². The van der Waals surface area contributed by atoms with E-state index < -0.39 is 9.05 Å². The molecule has 0 N–H and O–H groups in total. The SMILES string of the molecule is O=S(=O)(Cl)CCCOc1cc(Br)ccc1Cl. The van der Waals surface area contributed by atoms with E-state index in [9.17, 15) is 8.42 Å². The molecule has 0 spiro atoms. The highest BCUT2D eigenvalue weighted by atomic mass is 79.9. The molecule has 90 valence electrons. The van der Waals surface area contributed by atoms with Crippen molar-refractivity contribution < 1.29 is 13.2 Å². The third kappa shape index (κ3) is 5.39. The molecule has 0 saturated carbocycles. The normalized spacial score (nSPS) is 11.4. The summed E-state index contributed by atoms with van der Waals surface area (Å²) in [6.07, 6.45) is 0.328. The van der Waals surface area contributed by atoms with Crippen LogP contribution >= 0.6 is 38.2 Å². The van der Waals surface area contributed by atoms with Crippen LogP contribution in [-0.4, -0.2) is 20.8 Å². The maximum Gasteiger partial charge on any atom is 0.232 e. The van der Waals surface area contributed by atoms with E-state index in [0.717, 1.165) is 4.47 Å². The predicted molar refractivity (Wildman–Crippen MR) is 68.9 cm³/mol. The second kappa shape index (κ2) is 6.10. The summed E-state index contributed by atoms with van der Waals surface area (Å²) >= 11 is 9.16. The first kappa shape index (κ1) is 14.1. The molecule has 0 saturated heterocycles. The smallest absolute Gasteiger partial charge is 0.232 e. The summed E-state index contributed by atoms with van der Waals surface area (Å²) in [6, 6.07) is 5.20. The van der Waals surface area contributed by atoms with E-state index in [2.05, 4.69) is 15.9 Å². The van der Waals surface area contributed by atoms with Crippen molar-refractivity contribution in [3.8, 4) is 5.75 Å². The van der Waals surface area contributed by atoms with Crippen molar-refractivity contribution in [3.63, 3.8) is 0 Å². The van der Waals surface area contributed by atoms with E-state index in [4.69, 9.17) is 27.0 Å². The Kier molecular flexibility index (Phi) is 5.37. The second-order valence-electron chi connectivity index (χ2n) is 3.02. The average molecular weight is 348 g/mol. The first-order valence-electron chi connectivity index (χ1n) is 4.39. The third-order valence-electron chi connectivity index (χ3n) is 1.68. The number of halogens is 3. The largest absolute Gasteiger partial charge is 0.492 e. The van der Waals surface area contributed by atoms with E-state index in [-0.39, 0.29) is 12.4 Å². The molecule has 1 aromatic rings. The molecule has 0 aromatic heterocycles. The van der Waals surface area contributed by atoms with Gasteiger partial charge in [0.15, 0.2) is 0 Å². The number of hydrogen-bond acceptors (Lipinski definition) is 3. The van der Waals surface area contributed by atoms with Crippen LogP contribution in [0.1, 0.15) is 6.42 Å². The van der Waals surface area contributed by atoms with Gasteiger partial charge >= 0.3 is 0 Å². The molecule has 0 aliphatic heterocycles. The van der Waals surface area contributed by atoms with Gasteiger partial charge in [-0.15, -0.1) is 0 Å². The van der Waals surface area contributed by atoms with Gasteiger partial charge in [-0.1, -0.05) is 27.5 Å². The van der Waals surface area contributed by atoms with Gasteiger partial charge < -0.3 is 4.74 Å². The summed E-state index contributed by atoms with van der Waals surface area (Å²) in [4.78, 5) is 0. The van der Waals surface area contributed by atoms with Crippen LogP contribution in [0.5, 0.6) is 5.75 Å². The monoisotopic (exact) mass is 346 g/mol. The van der Waals surface area contributed by atoms with Crippen molar-refractivity contribution in [2.24, 2.45) is 0 Å². The van der Waals surface area contributed by atoms with Crippen LogP contribution in [0.3, 0.4) is 0 Å². The molecule has 3 nitrogen and oxygen atoms in total. The van der Waals surface area contributed by atoms with E-state index in [1.165, 1.54) is 0 Å². The minimum absolute atomic E-state index is 0.111. The Morgan fingerprint density at radius 1 is 1.38 bits per heavy atom. The molecule has 0 amide bonds. The van der Waals surface area contributed by atoms with Crippen LogP contribution in [0.25, 0.3) is 0 Å². The lowest BCUT2D eigenvalue weighted by Gasteiger charge is -2.07. The molecule has 0 radical (unpaired) electrons. The number of ether oxygens (including phenoxy) is 1. The van der Waals surface area contributed by atoms with Gasteiger partial charge in [0.25, 0.3) is 0 Å². The van der Waals surface area contributed by atoms with Gasteiger partial charge in [-0.05, 0) is 24.6 Å². The van der Waals surface area contributed by atoms with Gasteiger partial charge in [0.2, 0.25) is 9.05 Å². The van der Waals surface area contributed by atoms with Crippen LogP contribution in [-0.2, 0) is 9.05 Å². The third-order valence-corrected chi connectivity index (χ3v) is 3.73. The van der Waals surface area contributed by atoms with Crippen molar-refractivity contribution in [2.45, 2.75) is 6.42 Å². The number of rotatable bonds is 5. The highest BCUT2D eigenvalue weighted by molar-refractivity contribution is 9.10. The maximum atomic E-state index is 10.6. The molecule has 0 aliphatic carbocycles. The summed E-state index contributed by atoms with van der Waals surface area (Å²) in [5.74, 6) is 0.406. The molecule has 0 aliphatic rings. The summed E-state index contributed by atoms with van der Waals surface area (Å²) in [5, 5.41) is 0.483. The van der Waals surface area contributed by atoms with Crippen LogP contribution in [0.4, 0.5) is 0 Å². The molecular formula is C9H9BrCl2O3S. The Morgan fingerprint density at radius 2 is 2.06 bits per heavy atom. The van der Waals surface area contributed by atoms with Crippen molar-refractivity contribution >= 4 is 47.3 Å². The fourth-order valence-corrected chi connectivity index (χ4v) is 2.30. The summed E-state index contributed by atoms with van der Waals surface area (Å²) in [5.41, 5.74) is 0. The van der Waals surface area contributed by atoms with Gasteiger partial charge in [0, 0.05) is 15.2 Å². The second-order valence-corrected chi connectivity index (χ2v) is 7.24. The fourth-order valence-electron chi connectivity index (χ4n) is 1.00. The molecule has 1 aromatic carbocycles. The number of benzene rings is 1. The van der Waals surface area contributed by atoms with E-state index in [1.807, 2.05) is 0 Å². The molecule has 0 atom stereocenters. The zero-order chi connectivity index (χ0) is 12.2. The van der Waals surface area contributed by atoms with Gasteiger partial charge in [-0.3, -0.25) is 0 Å². The zero-order valence-electron chi connectivity index (χ0n) is 8.12. The van der Waals surface area contributed by atoms with Crippen molar-refractivity contribution in [3.05, 3.63) is 27.7 Å². The molecule has 0 fully saturated rings. The zero-order valence-corrected chi connectivity index (χ0v) is 12.0. The fraction of sp³-hybridized carbons (Fsp3) is 0.333. The van der Waals surface area contributed by atoms with Gasteiger partial charge in [-0.2, -0.15) is 0 Å². The molecule has 7 heteroatoms. The summed E-state index contributed by atoms with van der Waals surface area (Å²) in [6.45, 7) is 0.252. The molecule has 0 bridgehead atoms. The lowest BCUT2D eigenvalue weighted by atomic mass is 10.3. The Hall–Kier alpha value is 0.0300. The highest BCUT2D eigenvalue weighted by Crippen LogP contribution is 2.27. The van der Waals surface area contributed by atoms with Gasteiger partial charge in [0.1, 0.15) is 5.75 Å². The lowest BCUT2D eigenvalue weighted by molar-refractivity contribution is 0.318. The molecule has 0 unspecified atom stereocenters. The topological polar surface area (TPSA) is 43.4 Å². The highest BCUT2D eigenvalue weighted by Gasteiger charge is 2.06. The van der Waals surface area contributed by atoms with Crippen LogP contribution < -0.4 is 4.74 Å². The van der Waals surface area contributed by atoms with Crippen LogP contribution in [0, 0.1) is 0 Å². The Morgan fingerprint density at radius 3 is 2.69 bits per heavy atom. The standard InChI is InChI=1S/C9H9BrCl2O3S/c10-7-2-3-8(11)9(6-7)15-4-1-5-16(12,13)14/h2-3,6H,1,4-5H2. The number of hydrogen-bond donors (Lipinski definition) is 0. The Balaban J connectivity index is 2.46. The molecule has 0 heterocycles. The predicted octanol–water partition coefficient (Wildman–Crippen LogP) is 3.44. The average Bonchev–Trinajstić information content (AvgIpc) is 2.16. The summed E-state index contributed by atoms with van der Waals surface area (Å²) < 4.78 is 27.5. The van der Waals surface area contributed by atoms with Crippen molar-refractivity contribution in [1.29, 1.82) is 0 Å². The molecule has 16 heavy (non-hydrogen) atoms. The minimum atomic E-state index is -3.45. The summed E-state index contributed by atoms with van der Waals surface area (Å²) in [7, 11) is 1.61. The minimum Gasteiger partial charge on any atom is -0.492 e.